The summed E-state index contributed by atoms with van der Waals surface area (Å²) in [4.78, 5) is 11.7. The van der Waals surface area contributed by atoms with Crippen LogP contribution in [0, 0.1) is 18.6 Å². The largest absolute Gasteiger partial charge is 0.323 e. The molecule has 0 saturated heterocycles. The van der Waals surface area contributed by atoms with Crippen LogP contribution in [0.3, 0.4) is 0 Å². The lowest BCUT2D eigenvalue weighted by Gasteiger charge is -2.10. The lowest BCUT2D eigenvalue weighted by atomic mass is 10.2. The van der Waals surface area contributed by atoms with Gasteiger partial charge < -0.3 is 10.6 Å². The van der Waals surface area contributed by atoms with Crippen molar-refractivity contribution in [2.45, 2.75) is 6.92 Å². The highest BCUT2D eigenvalue weighted by Gasteiger charge is 2.09. The van der Waals surface area contributed by atoms with Crippen LogP contribution >= 0.6 is 0 Å². The van der Waals surface area contributed by atoms with Gasteiger partial charge in [0.05, 0.1) is 5.69 Å². The van der Waals surface area contributed by atoms with Gasteiger partial charge in [0.2, 0.25) is 0 Å². The molecule has 5 heteroatoms. The van der Waals surface area contributed by atoms with E-state index in [9.17, 15) is 13.6 Å². The Morgan fingerprint density at radius 3 is 2.21 bits per heavy atom. The normalized spacial score (nSPS) is 10.1. The Hall–Kier alpha value is -2.43. The Balaban J connectivity index is 2.10. The van der Waals surface area contributed by atoms with E-state index in [2.05, 4.69) is 10.6 Å². The maximum absolute atomic E-state index is 13.3. The number of hydrogen-bond acceptors (Lipinski definition) is 1. The van der Waals surface area contributed by atoms with Crippen molar-refractivity contribution in [3.05, 3.63) is 59.7 Å². The van der Waals surface area contributed by atoms with Crippen LogP contribution in [0.4, 0.5) is 25.0 Å². The van der Waals surface area contributed by atoms with E-state index in [1.165, 1.54) is 30.3 Å². The Labute approximate surface area is 109 Å². The van der Waals surface area contributed by atoms with Gasteiger partial charge in [-0.2, -0.15) is 0 Å². The molecule has 0 aliphatic rings. The molecule has 2 aromatic carbocycles. The smallest absolute Gasteiger partial charge is 0.307 e. The Kier molecular flexibility index (Phi) is 3.75. The summed E-state index contributed by atoms with van der Waals surface area (Å²) < 4.78 is 26.6. The van der Waals surface area contributed by atoms with Gasteiger partial charge in [0.25, 0.3) is 0 Å². The maximum Gasteiger partial charge on any atom is 0.323 e. The molecule has 98 valence electrons. The number of anilines is 2. The molecule has 2 rings (SSSR count). The highest BCUT2D eigenvalue weighted by molar-refractivity contribution is 6.00. The molecule has 0 radical (unpaired) electrons. The monoisotopic (exact) mass is 262 g/mol. The second-order valence-corrected chi connectivity index (χ2v) is 3.97. The van der Waals surface area contributed by atoms with E-state index in [0.717, 1.165) is 0 Å². The molecule has 0 aliphatic carbocycles. The number of nitrogens with one attached hydrogen (secondary N) is 2. The first kappa shape index (κ1) is 13.0. The molecule has 0 aliphatic heterocycles. The lowest BCUT2D eigenvalue weighted by molar-refractivity contribution is 0.262. The van der Waals surface area contributed by atoms with E-state index in [4.69, 9.17) is 0 Å². The van der Waals surface area contributed by atoms with E-state index >= 15 is 0 Å². The number of hydrogen-bond donors (Lipinski definition) is 2. The summed E-state index contributed by atoms with van der Waals surface area (Å²) in [5, 5.41) is 4.83. The first-order valence-corrected chi connectivity index (χ1v) is 5.65. The van der Waals surface area contributed by atoms with Crippen LogP contribution in [0.15, 0.2) is 42.5 Å². The minimum Gasteiger partial charge on any atom is -0.307 e. The van der Waals surface area contributed by atoms with Crippen molar-refractivity contribution in [2.75, 3.05) is 10.6 Å². The van der Waals surface area contributed by atoms with Crippen LogP contribution in [0.25, 0.3) is 0 Å². The number of para-hydroxylation sites is 1. The first-order valence-electron chi connectivity index (χ1n) is 5.65. The zero-order valence-electron chi connectivity index (χ0n) is 10.2. The molecule has 19 heavy (non-hydrogen) atoms. The van der Waals surface area contributed by atoms with Crippen LogP contribution in [-0.2, 0) is 0 Å². The average molecular weight is 262 g/mol. The standard InChI is InChI=1S/C14H12F2N2O/c1-9-10(15)6-4-8-12(9)17-14(19)18-13-7-3-2-5-11(13)16/h2-8H,1H3,(H2,17,18,19). The molecule has 0 heterocycles. The van der Waals surface area contributed by atoms with Crippen LogP contribution < -0.4 is 10.6 Å². The third-order valence-corrected chi connectivity index (χ3v) is 2.64. The summed E-state index contributed by atoms with van der Waals surface area (Å²) >= 11 is 0. The number of benzene rings is 2. The van der Waals surface area contributed by atoms with Gasteiger partial charge in [0.1, 0.15) is 11.6 Å². The zero-order chi connectivity index (χ0) is 13.8. The summed E-state index contributed by atoms with van der Waals surface area (Å²) in [6.45, 7) is 1.55. The van der Waals surface area contributed by atoms with E-state index in [0.29, 0.717) is 11.3 Å². The second-order valence-electron chi connectivity index (χ2n) is 3.97. The van der Waals surface area contributed by atoms with Gasteiger partial charge in [-0.1, -0.05) is 18.2 Å². The predicted octanol–water partition coefficient (Wildman–Crippen LogP) is 3.92. The second kappa shape index (κ2) is 5.48. The number of halogens is 2. The zero-order valence-corrected chi connectivity index (χ0v) is 10.2. The highest BCUT2D eigenvalue weighted by atomic mass is 19.1. The fraction of sp³-hybridized carbons (Fsp3) is 0.0714. The van der Waals surface area contributed by atoms with E-state index in [1.54, 1.807) is 19.1 Å². The third kappa shape index (κ3) is 3.07. The van der Waals surface area contributed by atoms with Crippen molar-refractivity contribution >= 4 is 17.4 Å². The number of amides is 2. The van der Waals surface area contributed by atoms with E-state index in [-0.39, 0.29) is 5.69 Å². The van der Waals surface area contributed by atoms with E-state index < -0.39 is 17.7 Å². The lowest BCUT2D eigenvalue weighted by Crippen LogP contribution is -2.20. The maximum atomic E-state index is 13.3. The summed E-state index contributed by atoms with van der Waals surface area (Å²) in [5.41, 5.74) is 0.731. The van der Waals surface area contributed by atoms with Crippen LogP contribution in [0.2, 0.25) is 0 Å². The average Bonchev–Trinajstić information content (AvgIpc) is 2.38. The van der Waals surface area contributed by atoms with Gasteiger partial charge in [-0.25, -0.2) is 13.6 Å². The summed E-state index contributed by atoms with van der Waals surface area (Å²) in [6.07, 6.45) is 0. The first-order chi connectivity index (χ1) is 9.08. The molecule has 0 bridgehead atoms. The SMILES string of the molecule is Cc1c(F)cccc1NC(=O)Nc1ccccc1F. The molecule has 2 amide bonds. The van der Waals surface area contributed by atoms with Crippen LogP contribution in [0.5, 0.6) is 0 Å². The quantitative estimate of drug-likeness (QED) is 0.846. The molecule has 0 atom stereocenters. The molecule has 0 fully saturated rings. The number of carbonyl (C=O) groups excluding carboxylic acids is 1. The molecule has 0 unspecified atom stereocenters. The van der Waals surface area contributed by atoms with Crippen molar-refractivity contribution in [1.82, 2.24) is 0 Å². The van der Waals surface area contributed by atoms with Crippen molar-refractivity contribution in [3.8, 4) is 0 Å². The van der Waals surface area contributed by atoms with Crippen molar-refractivity contribution in [2.24, 2.45) is 0 Å². The van der Waals surface area contributed by atoms with Crippen molar-refractivity contribution in [3.63, 3.8) is 0 Å². The predicted molar refractivity (Wildman–Crippen MR) is 70.2 cm³/mol. The van der Waals surface area contributed by atoms with Gasteiger partial charge in [-0.3, -0.25) is 0 Å². The van der Waals surface area contributed by atoms with Gasteiger partial charge in [0.15, 0.2) is 0 Å². The third-order valence-electron chi connectivity index (χ3n) is 2.64. The Morgan fingerprint density at radius 1 is 0.895 bits per heavy atom. The molecule has 0 saturated carbocycles. The molecule has 0 aromatic heterocycles. The number of carbonyl (C=O) groups is 1. The minimum atomic E-state index is -0.626. The van der Waals surface area contributed by atoms with Gasteiger partial charge in [-0.15, -0.1) is 0 Å². The van der Waals surface area contributed by atoms with Gasteiger partial charge in [0, 0.05) is 11.3 Å². The molecular formula is C14H12F2N2O. The number of urea groups is 1. The van der Waals surface area contributed by atoms with Crippen LogP contribution in [0.1, 0.15) is 5.56 Å². The molecule has 3 nitrogen and oxygen atoms in total. The fourth-order valence-electron chi connectivity index (χ4n) is 1.58. The highest BCUT2D eigenvalue weighted by Crippen LogP contribution is 2.18. The Morgan fingerprint density at radius 2 is 1.47 bits per heavy atom. The minimum absolute atomic E-state index is 0.0639. The number of rotatable bonds is 2. The molecule has 2 aromatic rings. The van der Waals surface area contributed by atoms with Crippen LogP contribution in [-0.4, -0.2) is 6.03 Å². The summed E-state index contributed by atoms with van der Waals surface area (Å²) in [5.74, 6) is -0.947. The summed E-state index contributed by atoms with van der Waals surface area (Å²) in [6, 6.07) is 9.53. The molecule has 2 N–H and O–H groups in total. The molecular weight excluding hydrogens is 250 g/mol. The summed E-state index contributed by atoms with van der Waals surface area (Å²) in [7, 11) is 0. The fourth-order valence-corrected chi connectivity index (χ4v) is 1.58. The molecule has 0 spiro atoms. The van der Waals surface area contributed by atoms with Gasteiger partial charge >= 0.3 is 6.03 Å². The van der Waals surface area contributed by atoms with Crippen molar-refractivity contribution in [1.29, 1.82) is 0 Å². The van der Waals surface area contributed by atoms with Gasteiger partial charge in [-0.05, 0) is 31.2 Å². The van der Waals surface area contributed by atoms with E-state index in [1.807, 2.05) is 0 Å². The topological polar surface area (TPSA) is 41.1 Å². The Bertz CT molecular complexity index is 614. The van der Waals surface area contributed by atoms with Crippen molar-refractivity contribution < 1.29 is 13.6 Å².